The molecule has 3 N–H and O–H groups in total. The molecule has 1 saturated heterocycles. The van der Waals surface area contributed by atoms with E-state index in [4.69, 9.17) is 0 Å². The third kappa shape index (κ3) is 4.46. The lowest BCUT2D eigenvalue weighted by atomic mass is 9.97. The van der Waals surface area contributed by atoms with Gasteiger partial charge in [0.15, 0.2) is 10.0 Å². The van der Waals surface area contributed by atoms with Crippen LogP contribution in [0.4, 0.5) is 5.13 Å². The molecule has 2 aromatic rings. The standard InChI is InChI=1S/C14H17N5O5S2.ClH/c1-8-10(12(21)17-13(22)16-8)26(23,24)19-5-2-9(3-6-19)11(20)18-14-15-4-7-25-14;/h4,7,9H,2-3,5-6H2,1H3,(H,15,18,20)(H2,16,17,21,22);1H. The smallest absolute Gasteiger partial charge is 0.310 e. The van der Waals surface area contributed by atoms with E-state index < -0.39 is 26.2 Å². The number of aromatic nitrogens is 3. The third-order valence-corrected chi connectivity index (χ3v) is 6.90. The van der Waals surface area contributed by atoms with Gasteiger partial charge in [0.05, 0.1) is 0 Å². The van der Waals surface area contributed by atoms with Crippen molar-refractivity contribution in [1.29, 1.82) is 0 Å². The van der Waals surface area contributed by atoms with Crippen LogP contribution in [0, 0.1) is 12.8 Å². The Balaban J connectivity index is 0.00000261. The number of halogens is 1. The van der Waals surface area contributed by atoms with Crippen LogP contribution in [0.5, 0.6) is 0 Å². The second-order valence-electron chi connectivity index (χ2n) is 5.87. The third-order valence-electron chi connectivity index (χ3n) is 4.16. The van der Waals surface area contributed by atoms with Gasteiger partial charge in [0.25, 0.3) is 5.56 Å². The Morgan fingerprint density at radius 3 is 2.52 bits per heavy atom. The molecule has 0 spiro atoms. The quantitative estimate of drug-likeness (QED) is 0.629. The molecule has 0 aromatic carbocycles. The fourth-order valence-corrected chi connectivity index (χ4v) is 5.08. The van der Waals surface area contributed by atoms with Gasteiger partial charge in [-0.15, -0.1) is 23.7 Å². The number of rotatable bonds is 4. The zero-order chi connectivity index (χ0) is 18.9. The maximum absolute atomic E-state index is 12.7. The summed E-state index contributed by atoms with van der Waals surface area (Å²) in [6.45, 7) is 1.57. The minimum Gasteiger partial charge on any atom is -0.310 e. The van der Waals surface area contributed by atoms with Crippen LogP contribution in [-0.2, 0) is 14.8 Å². The van der Waals surface area contributed by atoms with E-state index in [1.54, 1.807) is 11.6 Å². The number of aryl methyl sites for hydroxylation is 1. The van der Waals surface area contributed by atoms with Gasteiger partial charge in [0.2, 0.25) is 15.9 Å². The Hall–Kier alpha value is -2.02. The van der Waals surface area contributed by atoms with Crippen LogP contribution >= 0.6 is 23.7 Å². The molecule has 10 nitrogen and oxygen atoms in total. The molecule has 1 amide bonds. The minimum atomic E-state index is -4.06. The molecule has 3 heterocycles. The number of aromatic amines is 2. The Labute approximate surface area is 164 Å². The van der Waals surface area contributed by atoms with Crippen molar-refractivity contribution in [3.05, 3.63) is 38.1 Å². The van der Waals surface area contributed by atoms with Crippen molar-refractivity contribution in [1.82, 2.24) is 19.3 Å². The molecular formula is C14H18ClN5O5S2. The molecular weight excluding hydrogens is 418 g/mol. The fraction of sp³-hybridized carbons (Fsp3) is 0.429. The molecule has 0 atom stereocenters. The molecule has 0 unspecified atom stereocenters. The second-order valence-corrected chi connectivity index (χ2v) is 8.64. The second kappa shape index (κ2) is 8.33. The van der Waals surface area contributed by atoms with Crippen LogP contribution in [0.25, 0.3) is 0 Å². The number of hydrogen-bond donors (Lipinski definition) is 3. The van der Waals surface area contributed by atoms with E-state index in [0.29, 0.717) is 18.0 Å². The molecule has 148 valence electrons. The maximum atomic E-state index is 12.7. The Morgan fingerprint density at radius 1 is 1.30 bits per heavy atom. The van der Waals surface area contributed by atoms with E-state index in [0.717, 1.165) is 4.31 Å². The summed E-state index contributed by atoms with van der Waals surface area (Å²) in [7, 11) is -4.06. The van der Waals surface area contributed by atoms with Crippen LogP contribution in [0.15, 0.2) is 26.1 Å². The first kappa shape index (κ1) is 21.3. The zero-order valence-corrected chi connectivity index (χ0v) is 16.7. The number of anilines is 1. The summed E-state index contributed by atoms with van der Waals surface area (Å²) in [5.41, 5.74) is -1.72. The number of carbonyl (C=O) groups excluding carboxylic acids is 1. The van der Waals surface area contributed by atoms with E-state index in [2.05, 4.69) is 15.3 Å². The topological polar surface area (TPSA) is 145 Å². The van der Waals surface area contributed by atoms with Gasteiger partial charge in [0.1, 0.15) is 0 Å². The average molecular weight is 436 g/mol. The van der Waals surface area contributed by atoms with Crippen molar-refractivity contribution in [2.75, 3.05) is 18.4 Å². The largest absolute Gasteiger partial charge is 0.325 e. The zero-order valence-electron chi connectivity index (χ0n) is 14.2. The van der Waals surface area contributed by atoms with Crippen molar-refractivity contribution < 1.29 is 13.2 Å². The number of hydrogen-bond acceptors (Lipinski definition) is 7. The molecule has 0 aliphatic carbocycles. The highest BCUT2D eigenvalue weighted by Gasteiger charge is 2.34. The Bertz CT molecular complexity index is 1020. The Morgan fingerprint density at radius 2 is 1.96 bits per heavy atom. The van der Waals surface area contributed by atoms with E-state index in [1.165, 1.54) is 18.3 Å². The highest BCUT2D eigenvalue weighted by molar-refractivity contribution is 7.89. The first-order valence-electron chi connectivity index (χ1n) is 7.82. The summed E-state index contributed by atoms with van der Waals surface area (Å²) < 4.78 is 26.7. The van der Waals surface area contributed by atoms with Gasteiger partial charge < -0.3 is 10.3 Å². The lowest BCUT2D eigenvalue weighted by Crippen LogP contribution is -2.44. The number of H-pyrrole nitrogens is 2. The van der Waals surface area contributed by atoms with Gasteiger partial charge in [-0.3, -0.25) is 14.6 Å². The molecule has 2 aromatic heterocycles. The minimum absolute atomic E-state index is 0. The predicted octanol–water partition coefficient (Wildman–Crippen LogP) is 0.289. The summed E-state index contributed by atoms with van der Waals surface area (Å²) in [6, 6.07) is 0. The number of carbonyl (C=O) groups is 1. The van der Waals surface area contributed by atoms with E-state index >= 15 is 0 Å². The molecule has 1 aliphatic heterocycles. The van der Waals surface area contributed by atoms with E-state index in [-0.39, 0.29) is 43.0 Å². The Kier molecular flexibility index (Phi) is 6.57. The van der Waals surface area contributed by atoms with Gasteiger partial charge in [-0.05, 0) is 19.8 Å². The molecule has 1 fully saturated rings. The normalized spacial score (nSPS) is 15.9. The summed E-state index contributed by atoms with van der Waals surface area (Å²) in [5, 5.41) is 4.95. The van der Waals surface area contributed by atoms with Gasteiger partial charge in [-0.1, -0.05) is 0 Å². The molecule has 0 radical (unpaired) electrons. The van der Waals surface area contributed by atoms with E-state index in [9.17, 15) is 22.8 Å². The molecule has 1 aliphatic rings. The first-order valence-corrected chi connectivity index (χ1v) is 10.1. The van der Waals surface area contributed by atoms with Crippen LogP contribution < -0.4 is 16.6 Å². The maximum Gasteiger partial charge on any atom is 0.325 e. The predicted molar refractivity (Wildman–Crippen MR) is 102 cm³/mol. The summed E-state index contributed by atoms with van der Waals surface area (Å²) in [4.78, 5) is 43.2. The lowest BCUT2D eigenvalue weighted by Gasteiger charge is -2.30. The van der Waals surface area contributed by atoms with Crippen molar-refractivity contribution in [3.63, 3.8) is 0 Å². The number of sulfonamides is 1. The summed E-state index contributed by atoms with van der Waals surface area (Å²) >= 11 is 1.31. The van der Waals surface area contributed by atoms with Crippen molar-refractivity contribution in [2.45, 2.75) is 24.7 Å². The number of amides is 1. The first-order chi connectivity index (χ1) is 12.3. The fourth-order valence-electron chi connectivity index (χ4n) is 2.88. The van der Waals surface area contributed by atoms with Gasteiger partial charge in [0, 0.05) is 36.3 Å². The number of thiazole rings is 1. The summed E-state index contributed by atoms with van der Waals surface area (Å²) in [5.74, 6) is -0.532. The SMILES string of the molecule is Cc1[nH]c(=O)[nH]c(=O)c1S(=O)(=O)N1CCC(C(=O)Nc2nccs2)CC1.Cl. The molecule has 27 heavy (non-hydrogen) atoms. The number of piperidine rings is 1. The number of nitrogens with zero attached hydrogens (tertiary/aromatic N) is 2. The molecule has 0 bridgehead atoms. The molecule has 3 rings (SSSR count). The van der Waals surface area contributed by atoms with Gasteiger partial charge >= 0.3 is 5.69 Å². The van der Waals surface area contributed by atoms with Crippen molar-refractivity contribution in [3.8, 4) is 0 Å². The molecule has 0 saturated carbocycles. The lowest BCUT2D eigenvalue weighted by molar-refractivity contribution is -0.120. The van der Waals surface area contributed by atoms with Crippen molar-refractivity contribution >= 4 is 44.8 Å². The summed E-state index contributed by atoms with van der Waals surface area (Å²) in [6.07, 6.45) is 2.24. The molecule has 13 heteroatoms. The number of nitrogens with one attached hydrogen (secondary N) is 3. The van der Waals surface area contributed by atoms with Crippen LogP contribution in [0.3, 0.4) is 0 Å². The van der Waals surface area contributed by atoms with Crippen molar-refractivity contribution in [2.24, 2.45) is 5.92 Å². The van der Waals surface area contributed by atoms with Crippen LogP contribution in [0.1, 0.15) is 18.5 Å². The highest BCUT2D eigenvalue weighted by atomic mass is 35.5. The van der Waals surface area contributed by atoms with Crippen LogP contribution in [0.2, 0.25) is 0 Å². The van der Waals surface area contributed by atoms with E-state index in [1.807, 2.05) is 4.98 Å². The van der Waals surface area contributed by atoms with Crippen LogP contribution in [-0.4, -0.2) is 46.7 Å². The monoisotopic (exact) mass is 435 g/mol. The average Bonchev–Trinajstić information content (AvgIpc) is 3.06. The van der Waals surface area contributed by atoms with Gasteiger partial charge in [-0.2, -0.15) is 4.31 Å². The van der Waals surface area contributed by atoms with Gasteiger partial charge in [-0.25, -0.2) is 18.2 Å². The highest BCUT2D eigenvalue weighted by Crippen LogP contribution is 2.24.